The normalized spacial score (nSPS) is 12.2. The fraction of sp³-hybridized carbons (Fsp3) is 0.154. The molecular weight excluding hydrogens is 330 g/mol. The number of pyridine rings is 1. The van der Waals surface area contributed by atoms with E-state index in [9.17, 15) is 4.39 Å². The molecule has 0 bridgehead atoms. The third kappa shape index (κ3) is 3.15. The molecule has 0 aliphatic carbocycles. The molecule has 0 amide bonds. The molecule has 0 aliphatic heterocycles. The minimum absolute atomic E-state index is 0.141. The number of rotatable bonds is 3. The minimum atomic E-state index is -0.214. The molecule has 1 atom stereocenters. The lowest BCUT2D eigenvalue weighted by molar-refractivity contribution is 0.627. The fourth-order valence-electron chi connectivity index (χ4n) is 1.56. The lowest BCUT2D eigenvalue weighted by Crippen LogP contribution is -2.08. The van der Waals surface area contributed by atoms with Gasteiger partial charge in [-0.05, 0) is 59.3 Å². The van der Waals surface area contributed by atoms with E-state index in [1.807, 2.05) is 18.3 Å². The number of nitrogens with zero attached hydrogens (tertiary/aromatic N) is 1. The topological polar surface area (TPSA) is 24.9 Å². The third-order valence-corrected chi connectivity index (χ3v) is 3.38. The standard InChI is InChI=1S/C13H12FIN2/c1-9(10-3-2-6-16-8-10)17-13-5-4-11(14)7-12(13)15/h2-9,17H,1H3. The summed E-state index contributed by atoms with van der Waals surface area (Å²) in [4.78, 5) is 4.08. The Balaban J connectivity index is 2.16. The van der Waals surface area contributed by atoms with Gasteiger partial charge in [-0.1, -0.05) is 6.07 Å². The summed E-state index contributed by atoms with van der Waals surface area (Å²) in [6.07, 6.45) is 3.58. The van der Waals surface area contributed by atoms with Gasteiger partial charge in [0, 0.05) is 21.7 Å². The van der Waals surface area contributed by atoms with E-state index in [2.05, 4.69) is 39.8 Å². The number of nitrogens with one attached hydrogen (secondary N) is 1. The van der Waals surface area contributed by atoms with Crippen LogP contribution in [0.1, 0.15) is 18.5 Å². The second-order valence-electron chi connectivity index (χ2n) is 3.78. The highest BCUT2D eigenvalue weighted by Gasteiger charge is 2.07. The van der Waals surface area contributed by atoms with Crippen molar-refractivity contribution in [2.24, 2.45) is 0 Å². The van der Waals surface area contributed by atoms with Crippen molar-refractivity contribution in [3.63, 3.8) is 0 Å². The monoisotopic (exact) mass is 342 g/mol. The summed E-state index contributed by atoms with van der Waals surface area (Å²) in [7, 11) is 0. The van der Waals surface area contributed by atoms with Crippen molar-refractivity contribution in [3.05, 3.63) is 57.7 Å². The number of halogens is 2. The Labute approximate surface area is 113 Å². The Morgan fingerprint density at radius 3 is 2.82 bits per heavy atom. The fourth-order valence-corrected chi connectivity index (χ4v) is 2.19. The zero-order valence-corrected chi connectivity index (χ0v) is 11.5. The van der Waals surface area contributed by atoms with Crippen LogP contribution in [0, 0.1) is 9.39 Å². The lowest BCUT2D eigenvalue weighted by atomic mass is 10.1. The molecule has 1 N–H and O–H groups in total. The van der Waals surface area contributed by atoms with Gasteiger partial charge in [-0.3, -0.25) is 4.98 Å². The Morgan fingerprint density at radius 2 is 2.18 bits per heavy atom. The van der Waals surface area contributed by atoms with E-state index < -0.39 is 0 Å². The van der Waals surface area contributed by atoms with Gasteiger partial charge in [0.15, 0.2) is 0 Å². The van der Waals surface area contributed by atoms with Crippen molar-refractivity contribution in [1.82, 2.24) is 4.98 Å². The molecule has 0 radical (unpaired) electrons. The molecule has 1 heterocycles. The number of anilines is 1. The van der Waals surface area contributed by atoms with Gasteiger partial charge in [0.1, 0.15) is 5.82 Å². The lowest BCUT2D eigenvalue weighted by Gasteiger charge is -2.16. The zero-order chi connectivity index (χ0) is 12.3. The maximum absolute atomic E-state index is 13.0. The van der Waals surface area contributed by atoms with E-state index in [4.69, 9.17) is 0 Å². The molecule has 1 unspecified atom stereocenters. The molecule has 1 aromatic heterocycles. The average Bonchev–Trinajstić information content (AvgIpc) is 2.34. The van der Waals surface area contributed by atoms with Crippen LogP contribution >= 0.6 is 22.6 Å². The van der Waals surface area contributed by atoms with Gasteiger partial charge in [-0.25, -0.2) is 4.39 Å². The molecule has 0 aliphatic rings. The molecule has 2 rings (SSSR count). The van der Waals surface area contributed by atoms with Crippen molar-refractivity contribution in [3.8, 4) is 0 Å². The van der Waals surface area contributed by atoms with Crippen molar-refractivity contribution in [1.29, 1.82) is 0 Å². The first-order chi connectivity index (χ1) is 8.16. The summed E-state index contributed by atoms with van der Waals surface area (Å²) >= 11 is 2.12. The van der Waals surface area contributed by atoms with E-state index in [-0.39, 0.29) is 11.9 Å². The predicted octanol–water partition coefficient (Wildman–Crippen LogP) is 4.00. The third-order valence-electron chi connectivity index (χ3n) is 2.49. The number of hydrogen-bond donors (Lipinski definition) is 1. The number of benzene rings is 1. The van der Waals surface area contributed by atoms with Gasteiger partial charge in [-0.15, -0.1) is 0 Å². The largest absolute Gasteiger partial charge is 0.378 e. The quantitative estimate of drug-likeness (QED) is 0.853. The average molecular weight is 342 g/mol. The van der Waals surface area contributed by atoms with Gasteiger partial charge < -0.3 is 5.32 Å². The number of aromatic nitrogens is 1. The summed E-state index contributed by atoms with van der Waals surface area (Å²) < 4.78 is 13.8. The Hall–Kier alpha value is -1.17. The number of hydrogen-bond acceptors (Lipinski definition) is 2. The minimum Gasteiger partial charge on any atom is -0.378 e. The Morgan fingerprint density at radius 1 is 1.35 bits per heavy atom. The zero-order valence-electron chi connectivity index (χ0n) is 9.32. The summed E-state index contributed by atoms with van der Waals surface area (Å²) in [6, 6.07) is 8.79. The smallest absolute Gasteiger partial charge is 0.124 e. The van der Waals surface area contributed by atoms with E-state index in [1.54, 1.807) is 12.3 Å². The molecule has 2 aromatic rings. The second kappa shape index (κ2) is 5.44. The van der Waals surface area contributed by atoms with Crippen LogP contribution in [-0.4, -0.2) is 4.98 Å². The van der Waals surface area contributed by atoms with Crippen LogP contribution in [0.4, 0.5) is 10.1 Å². The van der Waals surface area contributed by atoms with Gasteiger partial charge in [0.05, 0.1) is 6.04 Å². The van der Waals surface area contributed by atoms with E-state index in [1.165, 1.54) is 12.1 Å². The van der Waals surface area contributed by atoms with E-state index in [0.717, 1.165) is 14.8 Å². The van der Waals surface area contributed by atoms with Crippen molar-refractivity contribution in [2.75, 3.05) is 5.32 Å². The van der Waals surface area contributed by atoms with Crippen LogP contribution in [-0.2, 0) is 0 Å². The van der Waals surface area contributed by atoms with Crippen LogP contribution in [0.25, 0.3) is 0 Å². The first kappa shape index (κ1) is 12.3. The van der Waals surface area contributed by atoms with E-state index in [0.29, 0.717) is 0 Å². The molecule has 0 spiro atoms. The summed E-state index contributed by atoms with van der Waals surface area (Å²) in [5.41, 5.74) is 2.04. The Bertz CT molecular complexity index is 502. The van der Waals surface area contributed by atoms with Crippen LogP contribution < -0.4 is 5.32 Å². The van der Waals surface area contributed by atoms with Crippen LogP contribution in [0.2, 0.25) is 0 Å². The van der Waals surface area contributed by atoms with Crippen LogP contribution in [0.3, 0.4) is 0 Å². The summed E-state index contributed by atoms with van der Waals surface area (Å²) in [5, 5.41) is 3.34. The second-order valence-corrected chi connectivity index (χ2v) is 4.94. The van der Waals surface area contributed by atoms with Crippen LogP contribution in [0.15, 0.2) is 42.7 Å². The summed E-state index contributed by atoms with van der Waals surface area (Å²) in [6.45, 7) is 2.05. The molecular formula is C13H12FIN2. The van der Waals surface area contributed by atoms with Gasteiger partial charge in [0.2, 0.25) is 0 Å². The van der Waals surface area contributed by atoms with Gasteiger partial charge in [0.25, 0.3) is 0 Å². The van der Waals surface area contributed by atoms with Gasteiger partial charge >= 0.3 is 0 Å². The highest BCUT2D eigenvalue weighted by molar-refractivity contribution is 14.1. The molecule has 2 nitrogen and oxygen atoms in total. The van der Waals surface area contributed by atoms with Gasteiger partial charge in [-0.2, -0.15) is 0 Å². The van der Waals surface area contributed by atoms with Crippen molar-refractivity contribution < 1.29 is 4.39 Å². The first-order valence-electron chi connectivity index (χ1n) is 5.28. The highest BCUT2D eigenvalue weighted by Crippen LogP contribution is 2.23. The molecule has 17 heavy (non-hydrogen) atoms. The highest BCUT2D eigenvalue weighted by atomic mass is 127. The maximum Gasteiger partial charge on any atom is 0.124 e. The molecule has 88 valence electrons. The molecule has 0 fully saturated rings. The predicted molar refractivity (Wildman–Crippen MR) is 75.4 cm³/mol. The summed E-state index contributed by atoms with van der Waals surface area (Å²) in [5.74, 6) is -0.214. The first-order valence-corrected chi connectivity index (χ1v) is 6.36. The Kier molecular flexibility index (Phi) is 3.93. The maximum atomic E-state index is 13.0. The molecule has 0 saturated carbocycles. The van der Waals surface area contributed by atoms with E-state index >= 15 is 0 Å². The molecule has 4 heteroatoms. The van der Waals surface area contributed by atoms with Crippen molar-refractivity contribution >= 4 is 28.3 Å². The van der Waals surface area contributed by atoms with Crippen LogP contribution in [0.5, 0.6) is 0 Å². The molecule has 0 saturated heterocycles. The molecule has 1 aromatic carbocycles. The van der Waals surface area contributed by atoms with Crippen molar-refractivity contribution in [2.45, 2.75) is 13.0 Å². The SMILES string of the molecule is CC(Nc1ccc(F)cc1I)c1cccnc1.